The maximum absolute atomic E-state index is 12.9. The van der Waals surface area contributed by atoms with Gasteiger partial charge in [-0.3, -0.25) is 0 Å². The van der Waals surface area contributed by atoms with E-state index >= 15 is 0 Å². The number of anilines is 2. The van der Waals surface area contributed by atoms with Gasteiger partial charge in [0.2, 0.25) is 0 Å². The molecule has 1 saturated heterocycles. The average molecular weight is 450 g/mol. The molecule has 31 heavy (non-hydrogen) atoms. The van der Waals surface area contributed by atoms with E-state index in [1.54, 1.807) is 16.2 Å². The smallest absolute Gasteiger partial charge is 0.416 e. The summed E-state index contributed by atoms with van der Waals surface area (Å²) in [5, 5.41) is 3.44. The second-order valence-electron chi connectivity index (χ2n) is 7.04. The number of fused-ring (bicyclic) bond motifs is 1. The zero-order valence-corrected chi connectivity index (χ0v) is 17.6. The predicted octanol–water partition coefficient (Wildman–Crippen LogP) is 5.07. The lowest BCUT2D eigenvalue weighted by Crippen LogP contribution is -2.50. The van der Waals surface area contributed by atoms with E-state index in [1.165, 1.54) is 12.1 Å². The first-order valence-electron chi connectivity index (χ1n) is 9.85. The number of hydrogen-bond donors (Lipinski definition) is 1. The fourth-order valence-corrected chi connectivity index (χ4v) is 4.41. The minimum atomic E-state index is -4.45. The van der Waals surface area contributed by atoms with Gasteiger partial charge in [-0.05, 0) is 43.3 Å². The number of amides is 2. The molecule has 2 aromatic carbocycles. The number of alkyl halides is 3. The van der Waals surface area contributed by atoms with Crippen molar-refractivity contribution in [2.45, 2.75) is 13.1 Å². The third kappa shape index (κ3) is 4.84. The number of carbonyl (C=O) groups excluding carboxylic acids is 1. The maximum Gasteiger partial charge on any atom is 0.416 e. The van der Waals surface area contributed by atoms with Crippen LogP contribution >= 0.6 is 11.3 Å². The van der Waals surface area contributed by atoms with Crippen LogP contribution in [0.25, 0.3) is 10.2 Å². The van der Waals surface area contributed by atoms with Gasteiger partial charge < -0.3 is 19.9 Å². The number of rotatable bonds is 4. The minimum Gasteiger partial charge on any atom is -0.494 e. The number of carbonyl (C=O) groups is 1. The van der Waals surface area contributed by atoms with Crippen LogP contribution in [0.2, 0.25) is 0 Å². The van der Waals surface area contributed by atoms with Crippen molar-refractivity contribution in [1.82, 2.24) is 9.88 Å². The molecule has 0 unspecified atom stereocenters. The number of nitrogens with one attached hydrogen (secondary N) is 1. The fourth-order valence-electron chi connectivity index (χ4n) is 3.36. The summed E-state index contributed by atoms with van der Waals surface area (Å²) in [5.74, 6) is 0.807. The zero-order valence-electron chi connectivity index (χ0n) is 16.8. The first kappa shape index (κ1) is 21.2. The Labute approximate surface area is 181 Å². The average Bonchev–Trinajstić information content (AvgIpc) is 3.17. The quantitative estimate of drug-likeness (QED) is 0.603. The standard InChI is InChI=1S/C21H21F3N4O2S/c1-2-30-16-6-7-17-18(13-16)31-20(26-17)28-10-8-27(9-11-28)19(29)25-15-5-3-4-14(12-15)21(22,23)24/h3-7,12-13H,2,8-11H2,1H3,(H,25,29). The highest BCUT2D eigenvalue weighted by Crippen LogP contribution is 2.32. The van der Waals surface area contributed by atoms with E-state index in [1.807, 2.05) is 25.1 Å². The summed E-state index contributed by atoms with van der Waals surface area (Å²) in [6.45, 7) is 4.62. The molecule has 0 radical (unpaired) electrons. The van der Waals surface area contributed by atoms with Gasteiger partial charge in [0.15, 0.2) is 5.13 Å². The first-order chi connectivity index (χ1) is 14.8. The van der Waals surface area contributed by atoms with Crippen LogP contribution in [0.5, 0.6) is 5.75 Å². The van der Waals surface area contributed by atoms with Crippen molar-refractivity contribution in [2.75, 3.05) is 43.0 Å². The second-order valence-corrected chi connectivity index (χ2v) is 8.05. The number of hydrogen-bond acceptors (Lipinski definition) is 5. The summed E-state index contributed by atoms with van der Waals surface area (Å²) in [4.78, 5) is 20.9. The zero-order chi connectivity index (χ0) is 22.0. The number of urea groups is 1. The van der Waals surface area contributed by atoms with E-state index < -0.39 is 17.8 Å². The largest absolute Gasteiger partial charge is 0.494 e. The second kappa shape index (κ2) is 8.62. The third-order valence-corrected chi connectivity index (χ3v) is 6.02. The van der Waals surface area contributed by atoms with Crippen LogP contribution in [-0.2, 0) is 6.18 Å². The van der Waals surface area contributed by atoms with E-state index in [9.17, 15) is 18.0 Å². The van der Waals surface area contributed by atoms with Gasteiger partial charge in [-0.15, -0.1) is 0 Å². The molecular formula is C21H21F3N4O2S. The van der Waals surface area contributed by atoms with Crippen LogP contribution < -0.4 is 15.0 Å². The Morgan fingerprint density at radius 3 is 2.65 bits per heavy atom. The Balaban J connectivity index is 1.37. The van der Waals surface area contributed by atoms with Crippen molar-refractivity contribution in [1.29, 1.82) is 0 Å². The molecule has 0 spiro atoms. The summed E-state index contributed by atoms with van der Waals surface area (Å²) >= 11 is 1.57. The highest BCUT2D eigenvalue weighted by Gasteiger charge is 2.31. The lowest BCUT2D eigenvalue weighted by molar-refractivity contribution is -0.137. The molecule has 2 heterocycles. The van der Waals surface area contributed by atoms with E-state index in [0.717, 1.165) is 33.2 Å². The van der Waals surface area contributed by atoms with E-state index in [4.69, 9.17) is 4.74 Å². The molecule has 1 fully saturated rings. The van der Waals surface area contributed by atoms with E-state index in [2.05, 4.69) is 15.2 Å². The molecule has 1 aromatic heterocycles. The molecule has 0 atom stereocenters. The van der Waals surface area contributed by atoms with Crippen molar-refractivity contribution in [3.8, 4) is 5.75 Å². The van der Waals surface area contributed by atoms with Gasteiger partial charge in [-0.1, -0.05) is 17.4 Å². The Kier molecular flexibility index (Phi) is 5.90. The van der Waals surface area contributed by atoms with E-state index in [0.29, 0.717) is 32.8 Å². The van der Waals surface area contributed by atoms with Crippen LogP contribution in [-0.4, -0.2) is 48.7 Å². The van der Waals surface area contributed by atoms with E-state index in [-0.39, 0.29) is 5.69 Å². The van der Waals surface area contributed by atoms with Crippen LogP contribution in [0.4, 0.5) is 28.8 Å². The highest BCUT2D eigenvalue weighted by atomic mass is 32.1. The van der Waals surface area contributed by atoms with Crippen molar-refractivity contribution in [3.05, 3.63) is 48.0 Å². The minimum absolute atomic E-state index is 0.124. The number of thiazole rings is 1. The van der Waals surface area contributed by atoms with Gasteiger partial charge in [-0.2, -0.15) is 13.2 Å². The molecular weight excluding hydrogens is 429 g/mol. The summed E-state index contributed by atoms with van der Waals surface area (Å²) in [5.41, 5.74) is 0.227. The Morgan fingerprint density at radius 1 is 1.16 bits per heavy atom. The number of piperazine rings is 1. The normalized spacial score (nSPS) is 14.7. The third-order valence-electron chi connectivity index (χ3n) is 4.94. The lowest BCUT2D eigenvalue weighted by Gasteiger charge is -2.34. The Bertz CT molecular complexity index is 1080. The van der Waals surface area contributed by atoms with Crippen LogP contribution in [0, 0.1) is 0 Å². The van der Waals surface area contributed by atoms with Crippen LogP contribution in [0.15, 0.2) is 42.5 Å². The number of aromatic nitrogens is 1. The summed E-state index contributed by atoms with van der Waals surface area (Å²) in [6.07, 6.45) is -4.45. The maximum atomic E-state index is 12.9. The molecule has 0 saturated carbocycles. The molecule has 164 valence electrons. The topological polar surface area (TPSA) is 57.7 Å². The molecule has 6 nitrogen and oxygen atoms in total. The molecule has 4 rings (SSSR count). The van der Waals surface area contributed by atoms with Gasteiger partial charge in [-0.25, -0.2) is 9.78 Å². The van der Waals surface area contributed by atoms with Gasteiger partial charge >= 0.3 is 12.2 Å². The van der Waals surface area contributed by atoms with Gasteiger partial charge in [0, 0.05) is 31.9 Å². The summed E-state index contributed by atoms with van der Waals surface area (Å²) < 4.78 is 45.2. The van der Waals surface area contributed by atoms with Crippen molar-refractivity contribution in [2.24, 2.45) is 0 Å². The molecule has 0 bridgehead atoms. The number of halogens is 3. The van der Waals surface area contributed by atoms with Gasteiger partial charge in [0.25, 0.3) is 0 Å². The van der Waals surface area contributed by atoms with Crippen molar-refractivity contribution in [3.63, 3.8) is 0 Å². The highest BCUT2D eigenvalue weighted by molar-refractivity contribution is 7.22. The molecule has 3 aromatic rings. The predicted molar refractivity (Wildman–Crippen MR) is 115 cm³/mol. The van der Waals surface area contributed by atoms with Crippen LogP contribution in [0.3, 0.4) is 0 Å². The summed E-state index contributed by atoms with van der Waals surface area (Å²) in [6, 6.07) is 10.0. The number of benzene rings is 2. The van der Waals surface area contributed by atoms with Gasteiger partial charge in [0.1, 0.15) is 5.75 Å². The fraction of sp³-hybridized carbons (Fsp3) is 0.333. The monoisotopic (exact) mass is 450 g/mol. The van der Waals surface area contributed by atoms with Crippen molar-refractivity contribution < 1.29 is 22.7 Å². The molecule has 1 aliphatic rings. The molecule has 0 aliphatic carbocycles. The Hall–Kier alpha value is -3.01. The first-order valence-corrected chi connectivity index (χ1v) is 10.7. The molecule has 10 heteroatoms. The molecule has 1 N–H and O–H groups in total. The number of ether oxygens (including phenoxy) is 1. The summed E-state index contributed by atoms with van der Waals surface area (Å²) in [7, 11) is 0. The van der Waals surface area contributed by atoms with Gasteiger partial charge in [0.05, 0.1) is 22.4 Å². The lowest BCUT2D eigenvalue weighted by atomic mass is 10.2. The SMILES string of the molecule is CCOc1ccc2nc(N3CCN(C(=O)Nc4cccc(C(F)(F)F)c4)CC3)sc2c1. The van der Waals surface area contributed by atoms with Crippen LogP contribution in [0.1, 0.15) is 12.5 Å². The molecule has 1 aliphatic heterocycles. The Morgan fingerprint density at radius 2 is 1.94 bits per heavy atom. The number of nitrogens with zero attached hydrogens (tertiary/aromatic N) is 3. The van der Waals surface area contributed by atoms with Crippen molar-refractivity contribution >= 4 is 38.4 Å². The molecule has 2 amide bonds.